The molecule has 0 saturated carbocycles. The van der Waals surface area contributed by atoms with E-state index in [0.29, 0.717) is 0 Å². The lowest BCUT2D eigenvalue weighted by atomic mass is 10.0. The van der Waals surface area contributed by atoms with Crippen LogP contribution in [0.4, 0.5) is 0 Å². The van der Waals surface area contributed by atoms with Gasteiger partial charge in [0.15, 0.2) is 0 Å². The van der Waals surface area contributed by atoms with Crippen molar-refractivity contribution in [2.45, 2.75) is 6.42 Å². The van der Waals surface area contributed by atoms with Gasteiger partial charge in [0.2, 0.25) is 0 Å². The molecule has 0 aromatic rings. The fourth-order valence-corrected chi connectivity index (χ4v) is 0.552. The maximum atomic E-state index is 10.3. The van der Waals surface area contributed by atoms with E-state index in [-0.39, 0.29) is 5.70 Å². The van der Waals surface area contributed by atoms with Crippen LogP contribution >= 0.6 is 0 Å². The summed E-state index contributed by atoms with van der Waals surface area (Å²) in [6, 6.07) is 0. The normalized spacial score (nSPS) is 12.0. The van der Waals surface area contributed by atoms with Crippen molar-refractivity contribution >= 4 is 11.9 Å². The minimum atomic E-state index is -1.26. The van der Waals surface area contributed by atoms with E-state index in [1.807, 2.05) is 0 Å². The number of rotatable bonds is 4. The average Bonchev–Trinajstić information content (AvgIpc) is 1.81. The summed E-state index contributed by atoms with van der Waals surface area (Å²) in [5.41, 5.74) is 4.91. The zero-order valence-corrected chi connectivity index (χ0v) is 5.78. The van der Waals surface area contributed by atoms with Crippen molar-refractivity contribution < 1.29 is 19.8 Å². The van der Waals surface area contributed by atoms with E-state index >= 15 is 0 Å². The molecular formula is C6H9NO4. The molecular weight excluding hydrogens is 150 g/mol. The predicted molar refractivity (Wildman–Crippen MR) is 36.7 cm³/mol. The van der Waals surface area contributed by atoms with Crippen molar-refractivity contribution in [2.75, 3.05) is 0 Å². The summed E-state index contributed by atoms with van der Waals surface area (Å²) < 4.78 is 0. The van der Waals surface area contributed by atoms with Crippen LogP contribution in [0, 0.1) is 5.92 Å². The minimum Gasteiger partial charge on any atom is -0.481 e. The van der Waals surface area contributed by atoms with Gasteiger partial charge in [-0.3, -0.25) is 9.59 Å². The molecule has 0 saturated heterocycles. The molecule has 0 aromatic carbocycles. The second kappa shape index (κ2) is 3.60. The van der Waals surface area contributed by atoms with Crippen LogP contribution in [0.5, 0.6) is 0 Å². The number of carboxylic acid groups (broad SMARTS) is 2. The molecule has 0 amide bonds. The lowest BCUT2D eigenvalue weighted by Gasteiger charge is -2.07. The van der Waals surface area contributed by atoms with Crippen molar-refractivity contribution in [2.24, 2.45) is 11.7 Å². The van der Waals surface area contributed by atoms with Crippen molar-refractivity contribution in [3.63, 3.8) is 0 Å². The predicted octanol–water partition coefficient (Wildman–Crippen LogP) is -0.366. The Kier molecular flexibility index (Phi) is 3.10. The number of nitrogens with two attached hydrogens (primary N) is 1. The van der Waals surface area contributed by atoms with Gasteiger partial charge in [0.25, 0.3) is 0 Å². The van der Waals surface area contributed by atoms with Crippen molar-refractivity contribution in [1.82, 2.24) is 0 Å². The highest BCUT2D eigenvalue weighted by molar-refractivity contribution is 5.80. The summed E-state index contributed by atoms with van der Waals surface area (Å²) in [6.07, 6.45) is -0.523. The quantitative estimate of drug-likeness (QED) is 0.519. The molecule has 0 aliphatic heterocycles. The first-order chi connectivity index (χ1) is 4.95. The highest BCUT2D eigenvalue weighted by atomic mass is 16.4. The van der Waals surface area contributed by atoms with Crippen LogP contribution in [-0.2, 0) is 9.59 Å². The van der Waals surface area contributed by atoms with Crippen LogP contribution in [0.1, 0.15) is 6.42 Å². The fraction of sp³-hybridized carbons (Fsp3) is 0.333. The molecule has 1 atom stereocenters. The van der Waals surface area contributed by atoms with Gasteiger partial charge in [-0.05, 0) is 0 Å². The molecule has 0 spiro atoms. The second-order valence-corrected chi connectivity index (χ2v) is 2.06. The molecule has 0 radical (unpaired) electrons. The van der Waals surface area contributed by atoms with Gasteiger partial charge in [-0.25, -0.2) is 0 Å². The molecule has 0 aliphatic carbocycles. The summed E-state index contributed by atoms with van der Waals surface area (Å²) in [6.45, 7) is 3.16. The molecule has 1 unspecified atom stereocenters. The van der Waals surface area contributed by atoms with Gasteiger partial charge in [-0.2, -0.15) is 0 Å². The molecule has 0 heterocycles. The number of aliphatic carboxylic acids is 2. The van der Waals surface area contributed by atoms with E-state index in [0.717, 1.165) is 0 Å². The van der Waals surface area contributed by atoms with E-state index in [1.54, 1.807) is 0 Å². The highest BCUT2D eigenvalue weighted by Gasteiger charge is 2.21. The molecule has 11 heavy (non-hydrogen) atoms. The van der Waals surface area contributed by atoms with Crippen LogP contribution in [-0.4, -0.2) is 22.2 Å². The van der Waals surface area contributed by atoms with Crippen LogP contribution in [0.15, 0.2) is 12.3 Å². The number of hydrogen-bond acceptors (Lipinski definition) is 3. The fourth-order valence-electron chi connectivity index (χ4n) is 0.552. The second-order valence-electron chi connectivity index (χ2n) is 2.06. The molecule has 0 aromatic heterocycles. The van der Waals surface area contributed by atoms with Crippen molar-refractivity contribution in [3.8, 4) is 0 Å². The highest BCUT2D eigenvalue weighted by Crippen LogP contribution is 2.08. The molecule has 0 rings (SSSR count). The Morgan fingerprint density at radius 1 is 1.45 bits per heavy atom. The largest absolute Gasteiger partial charge is 0.481 e. The summed E-state index contributed by atoms with van der Waals surface area (Å²) >= 11 is 0. The maximum absolute atomic E-state index is 10.3. The van der Waals surface area contributed by atoms with Crippen molar-refractivity contribution in [3.05, 3.63) is 12.3 Å². The van der Waals surface area contributed by atoms with Crippen LogP contribution in [0.25, 0.3) is 0 Å². The molecule has 0 fully saturated rings. The van der Waals surface area contributed by atoms with Gasteiger partial charge in [-0.1, -0.05) is 6.58 Å². The maximum Gasteiger partial charge on any atom is 0.313 e. The zero-order valence-electron chi connectivity index (χ0n) is 5.78. The van der Waals surface area contributed by atoms with Gasteiger partial charge in [0.1, 0.15) is 5.92 Å². The third kappa shape index (κ3) is 3.24. The molecule has 5 nitrogen and oxygen atoms in total. The van der Waals surface area contributed by atoms with Gasteiger partial charge in [-0.15, -0.1) is 0 Å². The number of carbonyl (C=O) groups is 2. The average molecular weight is 159 g/mol. The Bertz CT molecular complexity index is 185. The smallest absolute Gasteiger partial charge is 0.313 e. The van der Waals surface area contributed by atoms with Gasteiger partial charge in [0.05, 0.1) is 6.42 Å². The molecule has 0 bridgehead atoms. The van der Waals surface area contributed by atoms with Crippen molar-refractivity contribution in [1.29, 1.82) is 0 Å². The first kappa shape index (κ1) is 9.48. The summed E-state index contributed by atoms with van der Waals surface area (Å²) in [5, 5.41) is 16.6. The van der Waals surface area contributed by atoms with E-state index < -0.39 is 24.3 Å². The lowest BCUT2D eigenvalue weighted by molar-refractivity contribution is -0.146. The summed E-state index contributed by atoms with van der Waals surface area (Å²) in [4.78, 5) is 20.3. The van der Waals surface area contributed by atoms with E-state index in [1.165, 1.54) is 0 Å². The first-order valence-corrected chi connectivity index (χ1v) is 2.84. The summed E-state index contributed by atoms with van der Waals surface area (Å²) in [7, 11) is 0. The standard InChI is InChI=1S/C6H9NO4/c1-3(7)4(6(10)11)2-5(8)9/h4H,1-2,7H2,(H,8,9)(H,10,11). The molecule has 4 N–H and O–H groups in total. The topological polar surface area (TPSA) is 101 Å². The molecule has 62 valence electrons. The third-order valence-electron chi connectivity index (χ3n) is 1.12. The molecule has 5 heteroatoms. The van der Waals surface area contributed by atoms with E-state index in [4.69, 9.17) is 15.9 Å². The minimum absolute atomic E-state index is 0.139. The zero-order chi connectivity index (χ0) is 9.02. The first-order valence-electron chi connectivity index (χ1n) is 2.84. The van der Waals surface area contributed by atoms with Gasteiger partial charge in [0, 0.05) is 5.70 Å². The lowest BCUT2D eigenvalue weighted by Crippen LogP contribution is -2.23. The van der Waals surface area contributed by atoms with E-state index in [9.17, 15) is 9.59 Å². The number of carboxylic acids is 2. The Hall–Kier alpha value is -1.52. The van der Waals surface area contributed by atoms with Gasteiger partial charge < -0.3 is 15.9 Å². The van der Waals surface area contributed by atoms with Gasteiger partial charge >= 0.3 is 11.9 Å². The van der Waals surface area contributed by atoms with Crippen LogP contribution in [0.2, 0.25) is 0 Å². The molecule has 0 aliphatic rings. The van der Waals surface area contributed by atoms with Crippen LogP contribution < -0.4 is 5.73 Å². The Balaban J connectivity index is 4.23. The summed E-state index contributed by atoms with van der Waals surface area (Å²) in [5.74, 6) is -3.66. The SMILES string of the molecule is C=C(N)C(CC(=O)O)C(=O)O. The van der Waals surface area contributed by atoms with Crippen LogP contribution in [0.3, 0.4) is 0 Å². The number of hydrogen-bond donors (Lipinski definition) is 3. The third-order valence-corrected chi connectivity index (χ3v) is 1.12. The Morgan fingerprint density at radius 3 is 2.00 bits per heavy atom. The Morgan fingerprint density at radius 2 is 1.91 bits per heavy atom. The van der Waals surface area contributed by atoms with E-state index in [2.05, 4.69) is 6.58 Å². The Labute approximate surface area is 63.1 Å². The monoisotopic (exact) mass is 159 g/mol.